The molecule has 1 atom stereocenters. The van der Waals surface area contributed by atoms with E-state index in [1.165, 1.54) is 0 Å². The molecule has 0 saturated carbocycles. The molecule has 0 aromatic rings. The Labute approximate surface area is 67.8 Å². The van der Waals surface area contributed by atoms with Crippen LogP contribution in [0.3, 0.4) is 0 Å². The Morgan fingerprint density at radius 1 is 1.44 bits per heavy atom. The maximum Gasteiger partial charge on any atom is 0.268 e. The van der Waals surface area contributed by atoms with Gasteiger partial charge < -0.3 is 0 Å². The van der Waals surface area contributed by atoms with Crippen LogP contribution in [0.25, 0.3) is 0 Å². The molecule has 1 aliphatic heterocycles. The predicted octanol–water partition coefficient (Wildman–Crippen LogP) is 0.653. The third-order valence-electron chi connectivity index (χ3n) is 0.859. The standard InChI is InChI=1S/C4HBr2NO2/c5-1-2(8)3(6)7-4(1)9/h1H. The summed E-state index contributed by atoms with van der Waals surface area (Å²) in [6.07, 6.45) is 0. The Morgan fingerprint density at radius 2 is 2.00 bits per heavy atom. The van der Waals surface area contributed by atoms with E-state index < -0.39 is 10.7 Å². The van der Waals surface area contributed by atoms with Crippen molar-refractivity contribution in [3.63, 3.8) is 0 Å². The maximum absolute atomic E-state index is 10.7. The second-order valence-corrected chi connectivity index (χ2v) is 3.13. The Bertz CT molecular complexity index is 211. The van der Waals surface area contributed by atoms with Gasteiger partial charge in [0.15, 0.2) is 9.45 Å². The molecule has 9 heavy (non-hydrogen) atoms. The van der Waals surface area contributed by atoms with Gasteiger partial charge in [-0.25, -0.2) is 4.99 Å². The summed E-state index contributed by atoms with van der Waals surface area (Å²) in [6.45, 7) is 0. The van der Waals surface area contributed by atoms with Crippen molar-refractivity contribution in [3.8, 4) is 0 Å². The SMILES string of the molecule is O=C1N=C(Br)C(=O)C1Br. The van der Waals surface area contributed by atoms with Crippen molar-refractivity contribution in [2.24, 2.45) is 4.99 Å². The molecular formula is C4HBr2NO2. The summed E-state index contributed by atoms with van der Waals surface area (Å²) < 4.78 is 0.106. The normalized spacial score (nSPS) is 26.9. The Hall–Kier alpha value is -0.0300. The van der Waals surface area contributed by atoms with Crippen LogP contribution in [0, 0.1) is 0 Å². The molecule has 5 heteroatoms. The highest BCUT2D eigenvalue weighted by atomic mass is 79.9. The molecule has 0 saturated heterocycles. The molecule has 0 aliphatic carbocycles. The van der Waals surface area contributed by atoms with Crippen LogP contribution < -0.4 is 0 Å². The average molecular weight is 255 g/mol. The molecule has 1 aliphatic rings. The zero-order valence-electron chi connectivity index (χ0n) is 4.10. The molecule has 1 amide bonds. The molecule has 0 radical (unpaired) electrons. The molecule has 0 aromatic heterocycles. The topological polar surface area (TPSA) is 46.5 Å². The van der Waals surface area contributed by atoms with Crippen LogP contribution in [0.4, 0.5) is 0 Å². The summed E-state index contributed by atoms with van der Waals surface area (Å²) in [5.74, 6) is -0.744. The van der Waals surface area contributed by atoms with Crippen LogP contribution in [0.5, 0.6) is 0 Å². The first-order valence-electron chi connectivity index (χ1n) is 2.09. The van der Waals surface area contributed by atoms with Gasteiger partial charge in [0, 0.05) is 0 Å². The number of carbonyl (C=O) groups excluding carboxylic acids is 2. The molecule has 3 nitrogen and oxygen atoms in total. The largest absolute Gasteiger partial charge is 0.290 e. The van der Waals surface area contributed by atoms with Crippen molar-refractivity contribution < 1.29 is 9.59 Å². The molecule has 0 aromatic carbocycles. The molecule has 0 bridgehead atoms. The Morgan fingerprint density at radius 3 is 2.11 bits per heavy atom. The van der Waals surface area contributed by atoms with Gasteiger partial charge in [-0.15, -0.1) is 0 Å². The number of aliphatic imine (C=N–C) groups is 1. The van der Waals surface area contributed by atoms with Gasteiger partial charge >= 0.3 is 0 Å². The predicted molar refractivity (Wildman–Crippen MR) is 39.1 cm³/mol. The number of alkyl halides is 1. The lowest BCUT2D eigenvalue weighted by atomic mass is 10.3. The molecule has 1 unspecified atom stereocenters. The third-order valence-corrected chi connectivity index (χ3v) is 2.23. The first-order chi connectivity index (χ1) is 4.13. The molecule has 1 rings (SSSR count). The number of rotatable bonds is 0. The van der Waals surface area contributed by atoms with E-state index in [9.17, 15) is 9.59 Å². The van der Waals surface area contributed by atoms with Crippen molar-refractivity contribution in [1.29, 1.82) is 0 Å². The zero-order valence-corrected chi connectivity index (χ0v) is 7.27. The second kappa shape index (κ2) is 2.30. The van der Waals surface area contributed by atoms with Crippen molar-refractivity contribution in [2.75, 3.05) is 0 Å². The summed E-state index contributed by atoms with van der Waals surface area (Å²) in [4.78, 5) is 23.8. The van der Waals surface area contributed by atoms with E-state index in [1.54, 1.807) is 0 Å². The smallest absolute Gasteiger partial charge is 0.268 e. The molecule has 0 spiro atoms. The average Bonchev–Trinajstić information content (AvgIpc) is 1.98. The summed E-state index contributed by atoms with van der Waals surface area (Å²) >= 11 is 5.70. The fourth-order valence-corrected chi connectivity index (χ4v) is 1.46. The van der Waals surface area contributed by atoms with Crippen molar-refractivity contribution in [3.05, 3.63) is 0 Å². The molecule has 48 valence electrons. The van der Waals surface area contributed by atoms with Gasteiger partial charge in [-0.05, 0) is 15.9 Å². The lowest BCUT2D eigenvalue weighted by Crippen LogP contribution is -2.17. The van der Waals surface area contributed by atoms with Crippen molar-refractivity contribution in [2.45, 2.75) is 4.83 Å². The highest BCUT2D eigenvalue weighted by molar-refractivity contribution is 9.19. The number of ketones is 1. The van der Waals surface area contributed by atoms with Crippen LogP contribution in [-0.2, 0) is 9.59 Å². The van der Waals surface area contributed by atoms with Gasteiger partial charge in [0.1, 0.15) is 0 Å². The molecule has 1 heterocycles. The Kier molecular flexibility index (Phi) is 1.81. The number of hydrogen-bond donors (Lipinski definition) is 0. The highest BCUT2D eigenvalue weighted by Crippen LogP contribution is 2.14. The first kappa shape index (κ1) is 7.08. The van der Waals surface area contributed by atoms with Gasteiger partial charge in [-0.2, -0.15) is 0 Å². The number of amides is 1. The van der Waals surface area contributed by atoms with E-state index in [4.69, 9.17) is 0 Å². The van der Waals surface area contributed by atoms with E-state index in [1.807, 2.05) is 0 Å². The third kappa shape index (κ3) is 1.11. The van der Waals surface area contributed by atoms with Crippen LogP contribution in [0.2, 0.25) is 0 Å². The van der Waals surface area contributed by atoms with Gasteiger partial charge in [-0.1, -0.05) is 15.9 Å². The lowest BCUT2D eigenvalue weighted by molar-refractivity contribution is -0.120. The number of halogens is 2. The minimum absolute atomic E-state index is 0.106. The fourth-order valence-electron chi connectivity index (χ4n) is 0.425. The quantitative estimate of drug-likeness (QED) is 0.471. The van der Waals surface area contributed by atoms with Gasteiger partial charge in [-0.3, -0.25) is 9.59 Å². The fraction of sp³-hybridized carbons (Fsp3) is 0.250. The monoisotopic (exact) mass is 253 g/mol. The second-order valence-electron chi connectivity index (χ2n) is 1.47. The van der Waals surface area contributed by atoms with Gasteiger partial charge in [0.2, 0.25) is 5.78 Å². The van der Waals surface area contributed by atoms with E-state index in [-0.39, 0.29) is 10.4 Å². The van der Waals surface area contributed by atoms with Crippen LogP contribution in [0.15, 0.2) is 4.99 Å². The summed E-state index contributed by atoms with van der Waals surface area (Å²) in [7, 11) is 0. The summed E-state index contributed by atoms with van der Waals surface area (Å²) in [5.41, 5.74) is 0. The first-order valence-corrected chi connectivity index (χ1v) is 3.80. The summed E-state index contributed by atoms with van der Waals surface area (Å²) in [5, 5.41) is 0. The number of Topliss-reactive ketones (excluding diaryl/α,β-unsaturated/α-hetero) is 1. The van der Waals surface area contributed by atoms with Crippen LogP contribution in [0.1, 0.15) is 0 Å². The van der Waals surface area contributed by atoms with Crippen LogP contribution in [-0.4, -0.2) is 21.1 Å². The van der Waals surface area contributed by atoms with Gasteiger partial charge in [0.25, 0.3) is 5.91 Å². The number of nitrogens with zero attached hydrogens (tertiary/aromatic N) is 1. The maximum atomic E-state index is 10.7. The highest BCUT2D eigenvalue weighted by Gasteiger charge is 2.32. The summed E-state index contributed by atoms with van der Waals surface area (Å²) in [6, 6.07) is 0. The number of carbonyl (C=O) groups is 2. The van der Waals surface area contributed by atoms with E-state index >= 15 is 0 Å². The molecular weight excluding hydrogens is 254 g/mol. The van der Waals surface area contributed by atoms with E-state index in [0.717, 1.165) is 0 Å². The van der Waals surface area contributed by atoms with E-state index in [2.05, 4.69) is 36.9 Å². The van der Waals surface area contributed by atoms with Gasteiger partial charge in [0.05, 0.1) is 0 Å². The minimum atomic E-state index is -0.758. The molecule has 0 fully saturated rings. The minimum Gasteiger partial charge on any atom is -0.290 e. The Balaban J connectivity index is 2.95. The van der Waals surface area contributed by atoms with Crippen molar-refractivity contribution >= 4 is 48.2 Å². The van der Waals surface area contributed by atoms with Crippen molar-refractivity contribution in [1.82, 2.24) is 0 Å². The van der Waals surface area contributed by atoms with E-state index in [0.29, 0.717) is 0 Å². The number of hydrogen-bond acceptors (Lipinski definition) is 2. The van der Waals surface area contributed by atoms with Crippen LogP contribution >= 0.6 is 31.9 Å². The molecule has 0 N–H and O–H groups in total. The lowest BCUT2D eigenvalue weighted by Gasteiger charge is -1.87. The zero-order chi connectivity index (χ0) is 7.02.